The molecule has 1 heterocycles. The first-order valence-corrected chi connectivity index (χ1v) is 13.3. The Morgan fingerprint density at radius 2 is 1.69 bits per heavy atom. The lowest BCUT2D eigenvalue weighted by Crippen LogP contribution is -2.49. The lowest BCUT2D eigenvalue weighted by atomic mass is 9.94. The first-order valence-electron chi connectivity index (χ1n) is 13.3. The minimum atomic E-state index is -1.13. The summed E-state index contributed by atoms with van der Waals surface area (Å²) in [5, 5.41) is 11.6. The van der Waals surface area contributed by atoms with Crippen LogP contribution >= 0.6 is 0 Å². The normalized spacial score (nSPS) is 15.5. The van der Waals surface area contributed by atoms with Gasteiger partial charge in [0.05, 0.1) is 18.3 Å². The summed E-state index contributed by atoms with van der Waals surface area (Å²) < 4.78 is 22.2. The molecule has 1 aromatic heterocycles. The van der Waals surface area contributed by atoms with Crippen LogP contribution in [-0.4, -0.2) is 40.0 Å². The van der Waals surface area contributed by atoms with Crippen LogP contribution in [0.25, 0.3) is 11.0 Å². The Labute approximate surface area is 226 Å². The van der Waals surface area contributed by atoms with Crippen LogP contribution in [0.15, 0.2) is 72.8 Å². The maximum Gasteiger partial charge on any atom is 0.252 e. The molecule has 0 unspecified atom stereocenters. The molecule has 1 aliphatic carbocycles. The molecule has 2 atom stereocenters. The largest absolute Gasteiger partial charge is 0.497 e. The van der Waals surface area contributed by atoms with Gasteiger partial charge in [-0.25, -0.2) is 9.07 Å². The molecule has 5 rings (SSSR count). The Bertz CT molecular complexity index is 1450. The number of ether oxygens (including phenoxy) is 1. The average Bonchev–Trinajstić information content (AvgIpc) is 3.40. The fourth-order valence-electron chi connectivity index (χ4n) is 5.24. The number of rotatable bonds is 8. The number of fused-ring (bicyclic) bond motifs is 1. The molecule has 1 fully saturated rings. The van der Waals surface area contributed by atoms with Gasteiger partial charge in [-0.1, -0.05) is 60.9 Å². The van der Waals surface area contributed by atoms with E-state index in [1.54, 1.807) is 50.4 Å². The van der Waals surface area contributed by atoms with E-state index in [-0.39, 0.29) is 17.6 Å². The minimum absolute atomic E-state index is 0.00116. The molecule has 1 aliphatic rings. The van der Waals surface area contributed by atoms with Gasteiger partial charge in [0.15, 0.2) is 0 Å². The van der Waals surface area contributed by atoms with Gasteiger partial charge in [0, 0.05) is 6.04 Å². The Hall–Kier alpha value is -4.27. The van der Waals surface area contributed by atoms with Crippen LogP contribution < -0.4 is 15.0 Å². The van der Waals surface area contributed by atoms with Gasteiger partial charge >= 0.3 is 0 Å². The van der Waals surface area contributed by atoms with E-state index in [9.17, 15) is 9.59 Å². The summed E-state index contributed by atoms with van der Waals surface area (Å²) >= 11 is 0. The van der Waals surface area contributed by atoms with Crippen LogP contribution in [0, 0.1) is 5.82 Å². The predicted octanol–water partition coefficient (Wildman–Crippen LogP) is 5.36. The zero-order valence-electron chi connectivity index (χ0n) is 22.1. The molecule has 202 valence electrons. The van der Waals surface area contributed by atoms with Crippen molar-refractivity contribution in [1.82, 2.24) is 20.3 Å². The molecule has 4 aromatic rings. The topological polar surface area (TPSA) is 89.4 Å². The lowest BCUT2D eigenvalue weighted by molar-refractivity contribution is -0.128. The highest BCUT2D eigenvalue weighted by molar-refractivity contribution is 6.03. The quantitative estimate of drug-likeness (QED) is 0.332. The molecule has 0 bridgehead atoms. The van der Waals surface area contributed by atoms with Crippen molar-refractivity contribution in [2.45, 2.75) is 57.2 Å². The molecule has 1 N–H and O–H groups in total. The third-order valence-corrected chi connectivity index (χ3v) is 7.34. The van der Waals surface area contributed by atoms with E-state index in [0.29, 0.717) is 22.3 Å². The fraction of sp³-hybridized carbons (Fsp3) is 0.333. The molecule has 0 saturated heterocycles. The van der Waals surface area contributed by atoms with Crippen molar-refractivity contribution in [2.75, 3.05) is 12.0 Å². The average molecular weight is 530 g/mol. The van der Waals surface area contributed by atoms with Gasteiger partial charge in [-0.15, -0.1) is 5.10 Å². The van der Waals surface area contributed by atoms with Crippen molar-refractivity contribution in [3.05, 3.63) is 84.2 Å². The van der Waals surface area contributed by atoms with Crippen LogP contribution in [0.2, 0.25) is 0 Å². The van der Waals surface area contributed by atoms with Gasteiger partial charge in [-0.3, -0.25) is 14.5 Å². The van der Waals surface area contributed by atoms with Gasteiger partial charge in [-0.05, 0) is 61.7 Å². The van der Waals surface area contributed by atoms with E-state index in [4.69, 9.17) is 4.74 Å². The number of carbonyl (C=O) groups excluding carboxylic acids is 2. The third kappa shape index (κ3) is 5.48. The summed E-state index contributed by atoms with van der Waals surface area (Å²) in [7, 11) is 1.56. The molecule has 0 radical (unpaired) electrons. The third-order valence-electron chi connectivity index (χ3n) is 7.34. The van der Waals surface area contributed by atoms with Crippen molar-refractivity contribution in [3.8, 4) is 5.75 Å². The molecular formula is C30H32FN5O3. The Balaban J connectivity index is 1.61. The number of nitrogens with one attached hydrogen (secondary N) is 1. The standard InChI is InChI=1S/C30H32FN5O3/c1-20(36-27-15-9-7-13-25(27)33-34-36)30(38)35(26-14-8-6-12-24(26)31)28(21-16-18-23(39-2)19-17-21)29(37)32-22-10-4-3-5-11-22/h6-9,12-20,22,28H,3-5,10-11H2,1-2H3,(H,32,37)/t20-,28-/m1/s1. The summed E-state index contributed by atoms with van der Waals surface area (Å²) in [5.41, 5.74) is 1.85. The summed E-state index contributed by atoms with van der Waals surface area (Å²) in [4.78, 5) is 29.6. The molecule has 1 saturated carbocycles. The number of para-hydroxylation sites is 2. The van der Waals surface area contributed by atoms with Crippen LogP contribution in [0.3, 0.4) is 0 Å². The monoisotopic (exact) mass is 529 g/mol. The van der Waals surface area contributed by atoms with Crippen molar-refractivity contribution in [1.29, 1.82) is 0 Å². The predicted molar refractivity (Wildman–Crippen MR) is 147 cm³/mol. The number of halogens is 1. The second-order valence-corrected chi connectivity index (χ2v) is 9.88. The van der Waals surface area contributed by atoms with E-state index in [1.807, 2.05) is 24.3 Å². The number of aromatic nitrogens is 3. The van der Waals surface area contributed by atoms with Crippen molar-refractivity contribution in [3.63, 3.8) is 0 Å². The molecule has 9 heteroatoms. The first-order chi connectivity index (χ1) is 19.0. The maximum atomic E-state index is 15.4. The fourth-order valence-corrected chi connectivity index (χ4v) is 5.24. The number of carbonyl (C=O) groups is 2. The molecule has 2 amide bonds. The van der Waals surface area contributed by atoms with Crippen molar-refractivity contribution >= 4 is 28.5 Å². The zero-order chi connectivity index (χ0) is 27.4. The molecule has 39 heavy (non-hydrogen) atoms. The zero-order valence-corrected chi connectivity index (χ0v) is 22.1. The maximum absolute atomic E-state index is 15.4. The molecular weight excluding hydrogens is 497 g/mol. The van der Waals surface area contributed by atoms with E-state index < -0.39 is 23.8 Å². The first kappa shape index (κ1) is 26.3. The Kier molecular flexibility index (Phi) is 7.86. The summed E-state index contributed by atoms with van der Waals surface area (Å²) in [6, 6.07) is 18.3. The Morgan fingerprint density at radius 3 is 2.41 bits per heavy atom. The molecule has 0 aliphatic heterocycles. The van der Waals surface area contributed by atoms with Crippen LogP contribution in [0.4, 0.5) is 10.1 Å². The van der Waals surface area contributed by atoms with E-state index in [1.165, 1.54) is 21.7 Å². The highest BCUT2D eigenvalue weighted by atomic mass is 19.1. The van der Waals surface area contributed by atoms with Gasteiger partial charge in [0.2, 0.25) is 5.91 Å². The number of methoxy groups -OCH3 is 1. The number of nitrogens with zero attached hydrogens (tertiary/aromatic N) is 4. The number of amides is 2. The molecule has 3 aromatic carbocycles. The SMILES string of the molecule is COc1ccc([C@H](C(=O)NC2CCCCC2)N(C(=O)[C@@H](C)n2nnc3ccccc32)c2ccccc2F)cc1. The minimum Gasteiger partial charge on any atom is -0.497 e. The van der Waals surface area contributed by atoms with Crippen LogP contribution in [0.5, 0.6) is 5.75 Å². The van der Waals surface area contributed by atoms with E-state index >= 15 is 4.39 Å². The summed E-state index contributed by atoms with van der Waals surface area (Å²) in [5.74, 6) is -0.850. The second-order valence-electron chi connectivity index (χ2n) is 9.88. The molecule has 8 nitrogen and oxygen atoms in total. The highest BCUT2D eigenvalue weighted by Crippen LogP contribution is 2.34. The van der Waals surface area contributed by atoms with Crippen molar-refractivity contribution < 1.29 is 18.7 Å². The highest BCUT2D eigenvalue weighted by Gasteiger charge is 2.38. The smallest absolute Gasteiger partial charge is 0.252 e. The van der Waals surface area contributed by atoms with E-state index in [0.717, 1.165) is 32.1 Å². The number of benzene rings is 3. The second kappa shape index (κ2) is 11.6. The van der Waals surface area contributed by atoms with E-state index in [2.05, 4.69) is 15.6 Å². The number of hydrogen-bond acceptors (Lipinski definition) is 5. The van der Waals surface area contributed by atoms with Gasteiger partial charge in [0.1, 0.15) is 29.2 Å². The Morgan fingerprint density at radius 1 is 1.00 bits per heavy atom. The van der Waals surface area contributed by atoms with Crippen molar-refractivity contribution in [2.24, 2.45) is 0 Å². The number of hydrogen-bond donors (Lipinski definition) is 1. The summed E-state index contributed by atoms with van der Waals surface area (Å²) in [6.07, 6.45) is 4.94. The van der Waals surface area contributed by atoms with Gasteiger partial charge in [0.25, 0.3) is 5.91 Å². The van der Waals surface area contributed by atoms with Gasteiger partial charge in [-0.2, -0.15) is 0 Å². The summed E-state index contributed by atoms with van der Waals surface area (Å²) in [6.45, 7) is 1.68. The van der Waals surface area contributed by atoms with Gasteiger partial charge < -0.3 is 10.1 Å². The van der Waals surface area contributed by atoms with Crippen LogP contribution in [-0.2, 0) is 9.59 Å². The van der Waals surface area contributed by atoms with Crippen LogP contribution in [0.1, 0.15) is 56.7 Å². The molecule has 0 spiro atoms. The lowest BCUT2D eigenvalue weighted by Gasteiger charge is -2.35. The number of anilines is 1.